The van der Waals surface area contributed by atoms with Crippen molar-refractivity contribution >= 4 is 34.3 Å². The van der Waals surface area contributed by atoms with Crippen molar-refractivity contribution in [2.75, 3.05) is 10.6 Å². The summed E-state index contributed by atoms with van der Waals surface area (Å²) < 4.78 is 0. The van der Waals surface area contributed by atoms with Gasteiger partial charge in [-0.15, -0.1) is 0 Å². The molecule has 0 heterocycles. The van der Waals surface area contributed by atoms with Crippen LogP contribution < -0.4 is 10.6 Å². The molecule has 168 valence electrons. The first-order valence-electron chi connectivity index (χ1n) is 10.8. The molecule has 1 aliphatic rings. The number of hydrogen-bond donors (Lipinski definition) is 4. The fourth-order valence-electron chi connectivity index (χ4n) is 4.16. The van der Waals surface area contributed by atoms with Crippen molar-refractivity contribution in [3.05, 3.63) is 106 Å². The normalized spacial score (nSPS) is 12.2. The summed E-state index contributed by atoms with van der Waals surface area (Å²) in [7, 11) is 0. The van der Waals surface area contributed by atoms with Crippen LogP contribution in [0.4, 0.5) is 22.7 Å². The molecular formula is C28H22N2O4. The van der Waals surface area contributed by atoms with Gasteiger partial charge in [0.15, 0.2) is 0 Å². The van der Waals surface area contributed by atoms with Crippen LogP contribution in [0.1, 0.15) is 43.0 Å². The Morgan fingerprint density at radius 2 is 0.853 bits per heavy atom. The van der Waals surface area contributed by atoms with Crippen LogP contribution in [0.2, 0.25) is 0 Å². The predicted octanol–water partition coefficient (Wildman–Crippen LogP) is 5.98. The highest BCUT2D eigenvalue weighted by Crippen LogP contribution is 2.43. The third kappa shape index (κ3) is 3.55. The smallest absolute Gasteiger partial charge is 0.200 e. The van der Waals surface area contributed by atoms with Crippen molar-refractivity contribution in [3.8, 4) is 11.5 Å². The second kappa shape index (κ2) is 8.08. The Labute approximate surface area is 196 Å². The number of phenolic OH excluding ortho intramolecular Hbond substituents is 2. The van der Waals surface area contributed by atoms with E-state index in [0.29, 0.717) is 11.4 Å². The number of rotatable bonds is 4. The molecule has 34 heavy (non-hydrogen) atoms. The lowest BCUT2D eigenvalue weighted by Crippen LogP contribution is -2.23. The standard InChI is InChI=1S/C28H22N2O4/c1-15-3-7-17(8-4-15)29-19-11-13-21(31)25-23(19)27(33)26-22(32)14-12-20(24(26)28(25)34)30-18-9-5-16(2)6-10-18/h3-14,29-32H,1-2H3. The van der Waals surface area contributed by atoms with Gasteiger partial charge in [0.05, 0.1) is 33.6 Å². The molecular weight excluding hydrogens is 428 g/mol. The van der Waals surface area contributed by atoms with Gasteiger partial charge in [0.25, 0.3) is 0 Å². The molecule has 6 heteroatoms. The molecule has 0 saturated carbocycles. The number of carbonyl (C=O) groups is 2. The third-order valence-electron chi connectivity index (χ3n) is 5.94. The van der Waals surface area contributed by atoms with Crippen LogP contribution in [0.3, 0.4) is 0 Å². The Bertz CT molecular complexity index is 1340. The van der Waals surface area contributed by atoms with Crippen molar-refractivity contribution in [2.24, 2.45) is 0 Å². The second-order valence-corrected chi connectivity index (χ2v) is 8.40. The largest absolute Gasteiger partial charge is 0.507 e. The highest BCUT2D eigenvalue weighted by molar-refractivity contribution is 6.33. The number of fused-ring (bicyclic) bond motifs is 2. The number of anilines is 4. The molecule has 0 atom stereocenters. The minimum atomic E-state index is -0.542. The molecule has 0 amide bonds. The quantitative estimate of drug-likeness (QED) is 0.252. The van der Waals surface area contributed by atoms with E-state index in [1.807, 2.05) is 62.4 Å². The molecule has 5 rings (SSSR count). The summed E-state index contributed by atoms with van der Waals surface area (Å²) in [5.41, 5.74) is 4.23. The summed E-state index contributed by atoms with van der Waals surface area (Å²) in [6.07, 6.45) is 0. The van der Waals surface area contributed by atoms with E-state index in [-0.39, 0.29) is 33.8 Å². The van der Waals surface area contributed by atoms with Crippen LogP contribution in [0.5, 0.6) is 11.5 Å². The number of nitrogens with one attached hydrogen (secondary N) is 2. The van der Waals surface area contributed by atoms with Gasteiger partial charge in [0, 0.05) is 11.4 Å². The summed E-state index contributed by atoms with van der Waals surface area (Å²) in [5, 5.41) is 27.5. The van der Waals surface area contributed by atoms with Gasteiger partial charge in [-0.25, -0.2) is 0 Å². The van der Waals surface area contributed by atoms with E-state index in [9.17, 15) is 19.8 Å². The zero-order valence-electron chi connectivity index (χ0n) is 18.6. The Kier molecular flexibility index (Phi) is 5.06. The lowest BCUT2D eigenvalue weighted by molar-refractivity contribution is 0.0975. The lowest BCUT2D eigenvalue weighted by atomic mass is 9.81. The molecule has 1 aliphatic carbocycles. The number of aromatic hydroxyl groups is 2. The number of carbonyl (C=O) groups excluding carboxylic acids is 2. The molecule has 4 aromatic carbocycles. The van der Waals surface area contributed by atoms with Gasteiger partial charge in [-0.3, -0.25) is 9.59 Å². The first kappa shape index (κ1) is 21.3. The first-order valence-corrected chi connectivity index (χ1v) is 10.8. The number of phenols is 2. The van der Waals surface area contributed by atoms with Crippen molar-refractivity contribution in [3.63, 3.8) is 0 Å². The zero-order chi connectivity index (χ0) is 24.0. The number of benzene rings is 4. The maximum absolute atomic E-state index is 13.6. The van der Waals surface area contributed by atoms with Gasteiger partial charge in [-0.2, -0.15) is 0 Å². The maximum atomic E-state index is 13.6. The molecule has 0 radical (unpaired) electrons. The number of aryl methyl sites for hydroxylation is 2. The third-order valence-corrected chi connectivity index (χ3v) is 5.94. The topological polar surface area (TPSA) is 98.7 Å². The van der Waals surface area contributed by atoms with Crippen LogP contribution in [0, 0.1) is 13.8 Å². The van der Waals surface area contributed by atoms with E-state index >= 15 is 0 Å². The molecule has 0 aliphatic heterocycles. The van der Waals surface area contributed by atoms with Gasteiger partial charge in [-0.05, 0) is 62.4 Å². The van der Waals surface area contributed by atoms with Crippen molar-refractivity contribution in [1.29, 1.82) is 0 Å². The Morgan fingerprint density at radius 1 is 0.500 bits per heavy atom. The van der Waals surface area contributed by atoms with Crippen LogP contribution >= 0.6 is 0 Å². The van der Waals surface area contributed by atoms with Crippen LogP contribution in [-0.4, -0.2) is 21.8 Å². The van der Waals surface area contributed by atoms with Crippen LogP contribution in [0.25, 0.3) is 0 Å². The number of hydrogen-bond acceptors (Lipinski definition) is 6. The van der Waals surface area contributed by atoms with Gasteiger partial charge in [-0.1, -0.05) is 35.4 Å². The molecule has 6 nitrogen and oxygen atoms in total. The summed E-state index contributed by atoms with van der Waals surface area (Å²) in [6, 6.07) is 21.0. The monoisotopic (exact) mass is 450 g/mol. The fourth-order valence-corrected chi connectivity index (χ4v) is 4.16. The highest BCUT2D eigenvalue weighted by Gasteiger charge is 2.38. The van der Waals surface area contributed by atoms with Crippen molar-refractivity contribution in [1.82, 2.24) is 0 Å². The number of ketones is 2. The van der Waals surface area contributed by atoms with Gasteiger partial charge in [0.2, 0.25) is 11.6 Å². The minimum absolute atomic E-state index is 0.0286. The molecule has 0 fully saturated rings. The van der Waals surface area contributed by atoms with E-state index in [2.05, 4.69) is 10.6 Å². The Hall–Kier alpha value is -4.58. The minimum Gasteiger partial charge on any atom is -0.507 e. The Balaban J connectivity index is 1.64. The van der Waals surface area contributed by atoms with E-state index in [4.69, 9.17) is 0 Å². The molecule has 0 unspecified atom stereocenters. The predicted molar refractivity (Wildman–Crippen MR) is 132 cm³/mol. The van der Waals surface area contributed by atoms with Gasteiger partial charge < -0.3 is 20.8 Å². The second-order valence-electron chi connectivity index (χ2n) is 8.40. The molecule has 0 spiro atoms. The van der Waals surface area contributed by atoms with Crippen LogP contribution in [0.15, 0.2) is 72.8 Å². The summed E-state index contributed by atoms with van der Waals surface area (Å²) in [6.45, 7) is 3.94. The average Bonchev–Trinajstić information content (AvgIpc) is 2.82. The Morgan fingerprint density at radius 3 is 1.21 bits per heavy atom. The molecule has 0 bridgehead atoms. The van der Waals surface area contributed by atoms with Crippen LogP contribution in [-0.2, 0) is 0 Å². The SMILES string of the molecule is Cc1ccc(Nc2ccc(O)c3c2C(=O)c2c(O)ccc(Nc4ccc(C)cc4)c2C3=O)cc1. The van der Waals surface area contributed by atoms with E-state index in [1.165, 1.54) is 12.1 Å². The zero-order valence-corrected chi connectivity index (χ0v) is 18.6. The highest BCUT2D eigenvalue weighted by atomic mass is 16.3. The molecule has 4 aromatic rings. The average molecular weight is 450 g/mol. The summed E-state index contributed by atoms with van der Waals surface area (Å²) in [5.74, 6) is -1.67. The molecule has 0 aromatic heterocycles. The van der Waals surface area contributed by atoms with E-state index in [0.717, 1.165) is 22.5 Å². The van der Waals surface area contributed by atoms with Gasteiger partial charge in [0.1, 0.15) is 11.5 Å². The molecule has 0 saturated heterocycles. The van der Waals surface area contributed by atoms with Gasteiger partial charge >= 0.3 is 0 Å². The first-order chi connectivity index (χ1) is 16.3. The van der Waals surface area contributed by atoms with E-state index < -0.39 is 11.6 Å². The van der Waals surface area contributed by atoms with E-state index in [1.54, 1.807) is 12.1 Å². The van der Waals surface area contributed by atoms with Crippen molar-refractivity contribution < 1.29 is 19.8 Å². The fraction of sp³-hybridized carbons (Fsp3) is 0.0714. The maximum Gasteiger partial charge on any atom is 0.200 e. The lowest BCUT2D eigenvalue weighted by Gasteiger charge is -2.24. The van der Waals surface area contributed by atoms with Crippen molar-refractivity contribution in [2.45, 2.75) is 13.8 Å². The summed E-state index contributed by atoms with van der Waals surface area (Å²) >= 11 is 0. The molecule has 4 N–H and O–H groups in total. The summed E-state index contributed by atoms with van der Waals surface area (Å²) in [4.78, 5) is 27.3.